The van der Waals surface area contributed by atoms with Gasteiger partial charge >= 0.3 is 0 Å². The van der Waals surface area contributed by atoms with Gasteiger partial charge in [-0.15, -0.1) is 0 Å². The Morgan fingerprint density at radius 3 is 3.00 bits per heavy atom. The first-order valence-electron chi connectivity index (χ1n) is 5.60. The summed E-state index contributed by atoms with van der Waals surface area (Å²) >= 11 is 0. The molecule has 0 saturated heterocycles. The second kappa shape index (κ2) is 6.58. The maximum Gasteiger partial charge on any atom is 0.0948 e. The molecule has 86 valence electrons. The topological polar surface area (TPSA) is 33.1 Å². The zero-order valence-corrected chi connectivity index (χ0v) is 10.0. The van der Waals surface area contributed by atoms with Crippen LogP contribution in [0.3, 0.4) is 0 Å². The molecule has 0 aliphatic heterocycles. The highest BCUT2D eigenvalue weighted by Gasteiger charge is 2.04. The van der Waals surface area contributed by atoms with Crippen molar-refractivity contribution in [1.29, 1.82) is 0 Å². The lowest BCUT2D eigenvalue weighted by atomic mass is 10.3. The van der Waals surface area contributed by atoms with Gasteiger partial charge in [0.15, 0.2) is 0 Å². The van der Waals surface area contributed by atoms with Crippen LogP contribution in [0.2, 0.25) is 0 Å². The van der Waals surface area contributed by atoms with Crippen molar-refractivity contribution >= 4 is 0 Å². The van der Waals surface area contributed by atoms with Gasteiger partial charge in [-0.1, -0.05) is 0 Å². The number of imidazole rings is 1. The molecule has 0 unspecified atom stereocenters. The van der Waals surface area contributed by atoms with E-state index in [1.54, 1.807) is 0 Å². The molecule has 1 aromatic rings. The van der Waals surface area contributed by atoms with Crippen LogP contribution in [0.4, 0.5) is 0 Å². The van der Waals surface area contributed by atoms with E-state index in [1.807, 2.05) is 19.6 Å². The molecule has 0 amide bonds. The van der Waals surface area contributed by atoms with Crippen LogP contribution in [0.25, 0.3) is 0 Å². The fraction of sp³-hybridized carbons (Fsp3) is 0.727. The molecule has 15 heavy (non-hydrogen) atoms. The van der Waals surface area contributed by atoms with Crippen LogP contribution in [0.15, 0.2) is 12.5 Å². The molecule has 0 aliphatic carbocycles. The number of aryl methyl sites for hydroxylation is 1. The highest BCUT2D eigenvalue weighted by atomic mass is 15.1. The van der Waals surface area contributed by atoms with Gasteiger partial charge in [0.25, 0.3) is 0 Å². The second-order valence-electron chi connectivity index (χ2n) is 3.87. The van der Waals surface area contributed by atoms with E-state index in [0.29, 0.717) is 0 Å². The molecule has 0 fully saturated rings. The van der Waals surface area contributed by atoms with Gasteiger partial charge in [-0.2, -0.15) is 0 Å². The van der Waals surface area contributed by atoms with Gasteiger partial charge in [0.1, 0.15) is 0 Å². The SMILES string of the molecule is CCn1cncc1CN(C)CCCNC. The Hall–Kier alpha value is -0.870. The van der Waals surface area contributed by atoms with Crippen LogP contribution >= 0.6 is 0 Å². The Bertz CT molecular complexity index is 269. The Morgan fingerprint density at radius 2 is 2.33 bits per heavy atom. The lowest BCUT2D eigenvalue weighted by molar-refractivity contribution is 0.312. The molecule has 0 bridgehead atoms. The highest BCUT2D eigenvalue weighted by molar-refractivity contribution is 4.97. The Kier molecular flexibility index (Phi) is 5.36. The van der Waals surface area contributed by atoms with Crippen LogP contribution in [0.1, 0.15) is 19.0 Å². The maximum absolute atomic E-state index is 4.17. The van der Waals surface area contributed by atoms with Crippen molar-refractivity contribution in [2.45, 2.75) is 26.4 Å². The van der Waals surface area contributed by atoms with Crippen molar-refractivity contribution in [3.63, 3.8) is 0 Å². The summed E-state index contributed by atoms with van der Waals surface area (Å²) in [6, 6.07) is 0. The summed E-state index contributed by atoms with van der Waals surface area (Å²) < 4.78 is 2.19. The molecule has 0 atom stereocenters. The first-order valence-corrected chi connectivity index (χ1v) is 5.60. The van der Waals surface area contributed by atoms with Gasteiger partial charge in [-0.25, -0.2) is 4.98 Å². The van der Waals surface area contributed by atoms with E-state index >= 15 is 0 Å². The van der Waals surface area contributed by atoms with E-state index in [9.17, 15) is 0 Å². The molecular formula is C11H22N4. The van der Waals surface area contributed by atoms with Crippen molar-refractivity contribution in [2.24, 2.45) is 0 Å². The molecule has 0 aliphatic rings. The Morgan fingerprint density at radius 1 is 1.53 bits per heavy atom. The Labute approximate surface area is 92.3 Å². The number of aromatic nitrogens is 2. The van der Waals surface area contributed by atoms with Gasteiger partial charge < -0.3 is 14.8 Å². The Balaban J connectivity index is 2.33. The molecule has 1 heterocycles. The first kappa shape index (κ1) is 12.2. The molecule has 0 aromatic carbocycles. The normalized spacial score (nSPS) is 11.2. The predicted molar refractivity (Wildman–Crippen MR) is 62.8 cm³/mol. The summed E-state index contributed by atoms with van der Waals surface area (Å²) in [4.78, 5) is 6.50. The van der Waals surface area contributed by atoms with E-state index < -0.39 is 0 Å². The summed E-state index contributed by atoms with van der Waals surface area (Å²) in [7, 11) is 4.15. The molecule has 1 N–H and O–H groups in total. The average molecular weight is 210 g/mol. The monoisotopic (exact) mass is 210 g/mol. The molecule has 4 nitrogen and oxygen atoms in total. The molecular weight excluding hydrogens is 188 g/mol. The fourth-order valence-electron chi connectivity index (χ4n) is 1.65. The van der Waals surface area contributed by atoms with E-state index in [2.05, 4.69) is 33.7 Å². The van der Waals surface area contributed by atoms with Gasteiger partial charge in [-0.3, -0.25) is 0 Å². The lowest BCUT2D eigenvalue weighted by Crippen LogP contribution is -2.23. The largest absolute Gasteiger partial charge is 0.334 e. The summed E-state index contributed by atoms with van der Waals surface area (Å²) in [5.74, 6) is 0. The van der Waals surface area contributed by atoms with Crippen molar-refractivity contribution in [1.82, 2.24) is 19.8 Å². The van der Waals surface area contributed by atoms with Gasteiger partial charge in [0, 0.05) is 19.3 Å². The summed E-state index contributed by atoms with van der Waals surface area (Å²) in [6.45, 7) is 6.33. The van der Waals surface area contributed by atoms with E-state index in [4.69, 9.17) is 0 Å². The number of nitrogens with one attached hydrogen (secondary N) is 1. The number of rotatable bonds is 7. The predicted octanol–water partition coefficient (Wildman–Crippen LogP) is 0.944. The fourth-order valence-corrected chi connectivity index (χ4v) is 1.65. The van der Waals surface area contributed by atoms with Crippen molar-refractivity contribution in [2.75, 3.05) is 27.2 Å². The number of hydrogen-bond donors (Lipinski definition) is 1. The summed E-state index contributed by atoms with van der Waals surface area (Å²) in [5, 5.41) is 3.16. The minimum absolute atomic E-state index is 0.984. The van der Waals surface area contributed by atoms with Gasteiger partial charge in [-0.05, 0) is 40.5 Å². The van der Waals surface area contributed by atoms with Gasteiger partial charge in [0.2, 0.25) is 0 Å². The number of nitrogens with zero attached hydrogens (tertiary/aromatic N) is 3. The summed E-state index contributed by atoms with van der Waals surface area (Å²) in [5.41, 5.74) is 1.30. The van der Waals surface area contributed by atoms with Crippen LogP contribution in [0, 0.1) is 0 Å². The van der Waals surface area contributed by atoms with E-state index in [0.717, 1.165) is 26.2 Å². The summed E-state index contributed by atoms with van der Waals surface area (Å²) in [6.07, 6.45) is 5.04. The first-order chi connectivity index (χ1) is 7.27. The average Bonchev–Trinajstić information content (AvgIpc) is 2.65. The zero-order valence-electron chi connectivity index (χ0n) is 10.0. The quantitative estimate of drug-likeness (QED) is 0.680. The smallest absolute Gasteiger partial charge is 0.0948 e. The minimum atomic E-state index is 0.984. The van der Waals surface area contributed by atoms with Gasteiger partial charge in [0.05, 0.1) is 12.0 Å². The third-order valence-corrected chi connectivity index (χ3v) is 2.54. The molecule has 1 aromatic heterocycles. The standard InChI is InChI=1S/C11H22N4/c1-4-15-10-13-8-11(15)9-14(3)7-5-6-12-2/h8,10,12H,4-7,9H2,1-3H3. The van der Waals surface area contributed by atoms with Crippen LogP contribution < -0.4 is 5.32 Å². The van der Waals surface area contributed by atoms with Crippen LogP contribution in [0.5, 0.6) is 0 Å². The molecule has 0 saturated carbocycles. The van der Waals surface area contributed by atoms with Crippen LogP contribution in [-0.4, -0.2) is 41.6 Å². The molecule has 1 rings (SSSR count). The van der Waals surface area contributed by atoms with E-state index in [1.165, 1.54) is 12.1 Å². The third kappa shape index (κ3) is 4.01. The third-order valence-electron chi connectivity index (χ3n) is 2.54. The molecule has 0 radical (unpaired) electrons. The minimum Gasteiger partial charge on any atom is -0.334 e. The zero-order chi connectivity index (χ0) is 11.1. The maximum atomic E-state index is 4.17. The van der Waals surface area contributed by atoms with Crippen molar-refractivity contribution in [3.8, 4) is 0 Å². The van der Waals surface area contributed by atoms with Crippen molar-refractivity contribution < 1.29 is 0 Å². The van der Waals surface area contributed by atoms with Crippen LogP contribution in [-0.2, 0) is 13.1 Å². The van der Waals surface area contributed by atoms with Crippen molar-refractivity contribution in [3.05, 3.63) is 18.2 Å². The van der Waals surface area contributed by atoms with E-state index in [-0.39, 0.29) is 0 Å². The molecule has 0 spiro atoms. The molecule has 4 heteroatoms. The highest BCUT2D eigenvalue weighted by Crippen LogP contribution is 2.03. The second-order valence-corrected chi connectivity index (χ2v) is 3.87. The lowest BCUT2D eigenvalue weighted by Gasteiger charge is -2.17. The number of hydrogen-bond acceptors (Lipinski definition) is 3.